The number of hydrogen-bond acceptors (Lipinski definition) is 6. The van der Waals surface area contributed by atoms with Crippen molar-refractivity contribution in [1.29, 1.82) is 0 Å². The van der Waals surface area contributed by atoms with E-state index in [1.54, 1.807) is 0 Å². The Morgan fingerprint density at radius 2 is 2.41 bits per heavy atom. The molecule has 1 N–H and O–H groups in total. The van der Waals surface area contributed by atoms with Crippen molar-refractivity contribution in [2.24, 2.45) is 0 Å². The molecule has 6 nitrogen and oxygen atoms in total. The van der Waals surface area contributed by atoms with E-state index in [-0.39, 0.29) is 5.56 Å². The van der Waals surface area contributed by atoms with Gasteiger partial charge in [-0.2, -0.15) is 0 Å². The first kappa shape index (κ1) is 12.2. The maximum absolute atomic E-state index is 11.8. The van der Waals surface area contributed by atoms with E-state index in [1.165, 1.54) is 28.6 Å². The summed E-state index contributed by atoms with van der Waals surface area (Å²) in [6, 6.07) is 0. The van der Waals surface area contributed by atoms with Gasteiger partial charge in [0.1, 0.15) is 15.2 Å². The number of aromatic nitrogens is 4. The quantitative estimate of drug-likeness (QED) is 0.921. The van der Waals surface area contributed by atoms with Crippen molar-refractivity contribution >= 4 is 32.5 Å². The summed E-state index contributed by atoms with van der Waals surface area (Å²) in [5.74, 6) is 0. The van der Waals surface area contributed by atoms with Crippen molar-refractivity contribution in [3.63, 3.8) is 0 Å². The van der Waals surface area contributed by atoms with Crippen LogP contribution in [-0.4, -0.2) is 25.7 Å². The average Bonchev–Trinajstić information content (AvgIpc) is 2.73. The van der Waals surface area contributed by atoms with E-state index < -0.39 is 0 Å². The summed E-state index contributed by atoms with van der Waals surface area (Å²) in [7, 11) is 0. The molecule has 0 unspecified atom stereocenters. The van der Waals surface area contributed by atoms with Gasteiger partial charge in [-0.05, 0) is 22.9 Å². The number of nitrogens with zero attached hydrogens (tertiary/aromatic N) is 4. The summed E-state index contributed by atoms with van der Waals surface area (Å²) >= 11 is 4.44. The minimum absolute atomic E-state index is 0.129. The molecule has 0 saturated carbocycles. The van der Waals surface area contributed by atoms with Gasteiger partial charge < -0.3 is 5.32 Å². The molecule has 17 heavy (non-hydrogen) atoms. The van der Waals surface area contributed by atoms with Gasteiger partial charge in [0.05, 0.1) is 12.9 Å². The first-order valence-electron chi connectivity index (χ1n) is 4.97. The summed E-state index contributed by atoms with van der Waals surface area (Å²) < 4.78 is 5.80. The topological polar surface area (TPSA) is 72.7 Å². The molecule has 8 heteroatoms. The lowest BCUT2D eigenvalue weighted by molar-refractivity contribution is 0.712. The second kappa shape index (κ2) is 5.37. The van der Waals surface area contributed by atoms with E-state index in [9.17, 15) is 4.79 Å². The number of nitrogens with one attached hydrogen (secondary N) is 1. The molecule has 2 aromatic rings. The van der Waals surface area contributed by atoms with Crippen molar-refractivity contribution in [1.82, 2.24) is 19.1 Å². The number of hydrogen-bond donors (Lipinski definition) is 1. The molecule has 0 spiro atoms. The summed E-state index contributed by atoms with van der Waals surface area (Å²) in [5, 5.41) is 8.05. The summed E-state index contributed by atoms with van der Waals surface area (Å²) in [5.41, 5.74) is 0.620. The van der Waals surface area contributed by atoms with E-state index in [0.29, 0.717) is 11.0 Å². The molecule has 0 aliphatic carbocycles. The van der Waals surface area contributed by atoms with Crippen molar-refractivity contribution in [3.8, 4) is 0 Å². The Kier molecular flexibility index (Phi) is 3.85. The van der Waals surface area contributed by atoms with Gasteiger partial charge in [0, 0.05) is 24.3 Å². The normalized spacial score (nSPS) is 10.5. The van der Waals surface area contributed by atoms with Crippen LogP contribution in [-0.2, 0) is 6.54 Å². The van der Waals surface area contributed by atoms with Gasteiger partial charge in [0.15, 0.2) is 0 Å². The third kappa shape index (κ3) is 2.70. The molecule has 90 valence electrons. The fourth-order valence-corrected chi connectivity index (χ4v) is 2.29. The zero-order valence-electron chi connectivity index (χ0n) is 9.05. The van der Waals surface area contributed by atoms with Crippen molar-refractivity contribution in [3.05, 3.63) is 33.0 Å². The highest BCUT2D eigenvalue weighted by Crippen LogP contribution is 2.17. The Morgan fingerprint density at radius 3 is 3.18 bits per heavy atom. The van der Waals surface area contributed by atoms with Gasteiger partial charge in [-0.15, -0.1) is 5.10 Å². The van der Waals surface area contributed by atoms with Gasteiger partial charge >= 0.3 is 0 Å². The molecule has 0 radical (unpaired) electrons. The molecule has 0 aromatic carbocycles. The molecule has 0 fully saturated rings. The molecular weight excluding hydrogens is 306 g/mol. The maximum atomic E-state index is 11.8. The summed E-state index contributed by atoms with van der Waals surface area (Å²) in [4.78, 5) is 15.7. The van der Waals surface area contributed by atoms with Crippen LogP contribution in [0.15, 0.2) is 21.8 Å². The largest absolute Gasteiger partial charge is 0.374 e. The van der Waals surface area contributed by atoms with E-state index in [2.05, 4.69) is 35.8 Å². The Labute approximate surface area is 110 Å². The zero-order valence-corrected chi connectivity index (χ0v) is 11.5. The van der Waals surface area contributed by atoms with E-state index in [4.69, 9.17) is 0 Å². The van der Waals surface area contributed by atoms with Crippen molar-refractivity contribution in [2.75, 3.05) is 11.9 Å². The molecule has 2 rings (SSSR count). The molecule has 0 aliphatic rings. The second-order valence-corrected chi connectivity index (χ2v) is 4.86. The van der Waals surface area contributed by atoms with Gasteiger partial charge in [-0.3, -0.25) is 9.36 Å². The predicted molar refractivity (Wildman–Crippen MR) is 69.4 cm³/mol. The molecule has 0 atom stereocenters. The lowest BCUT2D eigenvalue weighted by atomic mass is 10.4. The van der Waals surface area contributed by atoms with Crippen LogP contribution in [0, 0.1) is 0 Å². The first-order chi connectivity index (χ1) is 8.22. The van der Waals surface area contributed by atoms with Crippen LogP contribution in [0.1, 0.15) is 12.6 Å². The number of anilines is 1. The maximum Gasteiger partial charge on any atom is 0.267 e. The fourth-order valence-electron chi connectivity index (χ4n) is 1.30. The molecule has 2 heterocycles. The average molecular weight is 316 g/mol. The van der Waals surface area contributed by atoms with Crippen LogP contribution < -0.4 is 10.9 Å². The van der Waals surface area contributed by atoms with Crippen LogP contribution in [0.2, 0.25) is 0 Å². The predicted octanol–water partition coefficient (Wildman–Crippen LogP) is 1.34. The van der Waals surface area contributed by atoms with Gasteiger partial charge in [0.25, 0.3) is 5.56 Å². The number of halogens is 1. The van der Waals surface area contributed by atoms with Crippen LogP contribution in [0.25, 0.3) is 0 Å². The lowest BCUT2D eigenvalue weighted by Crippen LogP contribution is -2.21. The van der Waals surface area contributed by atoms with E-state index in [0.717, 1.165) is 17.2 Å². The van der Waals surface area contributed by atoms with Crippen LogP contribution in [0.5, 0.6) is 0 Å². The van der Waals surface area contributed by atoms with E-state index in [1.807, 2.05) is 6.92 Å². The monoisotopic (exact) mass is 315 g/mol. The highest BCUT2D eigenvalue weighted by molar-refractivity contribution is 9.10. The highest BCUT2D eigenvalue weighted by Gasteiger charge is 2.09. The SMILES string of the molecule is CCNc1snnc1Cn1cncc(Br)c1=O. The molecule has 0 amide bonds. The fraction of sp³-hybridized carbons (Fsp3) is 0.333. The van der Waals surface area contributed by atoms with Crippen molar-refractivity contribution < 1.29 is 0 Å². The molecule has 0 bridgehead atoms. The third-order valence-corrected chi connectivity index (χ3v) is 3.34. The molecule has 2 aromatic heterocycles. The second-order valence-electron chi connectivity index (χ2n) is 3.25. The Bertz CT molecular complexity index is 567. The summed E-state index contributed by atoms with van der Waals surface area (Å²) in [6.07, 6.45) is 2.96. The number of rotatable bonds is 4. The molecular formula is C9H10BrN5OS. The van der Waals surface area contributed by atoms with Crippen LogP contribution in [0.3, 0.4) is 0 Å². The van der Waals surface area contributed by atoms with Gasteiger partial charge in [0.2, 0.25) is 0 Å². The van der Waals surface area contributed by atoms with Crippen molar-refractivity contribution in [2.45, 2.75) is 13.5 Å². The third-order valence-electron chi connectivity index (χ3n) is 2.07. The zero-order chi connectivity index (χ0) is 12.3. The standard InChI is InChI=1S/C9H10BrN5OS/c1-2-12-8-7(13-14-17-8)4-15-5-11-3-6(10)9(15)16/h3,5,12H,2,4H2,1H3. The first-order valence-corrected chi connectivity index (χ1v) is 6.54. The Hall–Kier alpha value is -1.28. The Balaban J connectivity index is 2.28. The highest BCUT2D eigenvalue weighted by atomic mass is 79.9. The Morgan fingerprint density at radius 1 is 1.59 bits per heavy atom. The van der Waals surface area contributed by atoms with Gasteiger partial charge in [-0.25, -0.2) is 4.98 Å². The summed E-state index contributed by atoms with van der Waals surface area (Å²) in [6.45, 7) is 3.16. The molecule has 0 aliphatic heterocycles. The van der Waals surface area contributed by atoms with E-state index >= 15 is 0 Å². The van der Waals surface area contributed by atoms with Crippen LogP contribution >= 0.6 is 27.5 Å². The lowest BCUT2D eigenvalue weighted by Gasteiger charge is -2.05. The molecule has 0 saturated heterocycles. The van der Waals surface area contributed by atoms with Gasteiger partial charge in [-0.1, -0.05) is 4.49 Å². The minimum atomic E-state index is -0.129. The van der Waals surface area contributed by atoms with Crippen LogP contribution in [0.4, 0.5) is 5.00 Å². The minimum Gasteiger partial charge on any atom is -0.374 e. The smallest absolute Gasteiger partial charge is 0.267 e.